The molecule has 0 aliphatic carbocycles. The molecule has 3 heterocycles. The second-order valence-corrected chi connectivity index (χ2v) is 12.4. The third-order valence-electron chi connectivity index (χ3n) is 9.19. The highest BCUT2D eigenvalue weighted by Crippen LogP contribution is 2.59. The molecule has 3 aliphatic heterocycles. The number of para-hydroxylation sites is 1. The van der Waals surface area contributed by atoms with E-state index in [1.165, 1.54) is 9.80 Å². The van der Waals surface area contributed by atoms with Crippen molar-refractivity contribution in [3.63, 3.8) is 0 Å². The SMILES string of the molecule is C=CCCC(=O)NC[C@H](OC(=O)[C@@H]1[C@@H]2CC[C@]3(O2)[C@H](C(=O)N(CC=C)c2ccccc2Cl)N([C@H](C)CO)C(=O)[C@@H]13)c1ccccc1. The van der Waals surface area contributed by atoms with Gasteiger partial charge in [-0.15, -0.1) is 13.2 Å². The Balaban J connectivity index is 1.47. The zero-order chi connectivity index (χ0) is 33.0. The van der Waals surface area contributed by atoms with Crippen LogP contribution in [0.3, 0.4) is 0 Å². The molecule has 3 saturated heterocycles. The number of ether oxygens (including phenoxy) is 2. The highest BCUT2D eigenvalue weighted by atomic mass is 35.5. The number of halogens is 1. The number of anilines is 1. The van der Waals surface area contributed by atoms with Gasteiger partial charge in [0.2, 0.25) is 11.8 Å². The summed E-state index contributed by atoms with van der Waals surface area (Å²) < 4.78 is 12.6. The van der Waals surface area contributed by atoms with Gasteiger partial charge in [0, 0.05) is 13.0 Å². The molecule has 2 aromatic carbocycles. The fraction of sp³-hybridized carbons (Fsp3) is 0.429. The van der Waals surface area contributed by atoms with Crippen molar-refractivity contribution in [1.82, 2.24) is 10.2 Å². The molecule has 46 heavy (non-hydrogen) atoms. The number of aliphatic hydroxyl groups excluding tert-OH is 1. The minimum atomic E-state index is -1.31. The van der Waals surface area contributed by atoms with Gasteiger partial charge in [0.25, 0.3) is 5.91 Å². The lowest BCUT2D eigenvalue weighted by molar-refractivity contribution is -0.161. The van der Waals surface area contributed by atoms with Crippen molar-refractivity contribution in [3.05, 3.63) is 90.5 Å². The maximum atomic E-state index is 14.6. The molecule has 0 aromatic heterocycles. The number of allylic oxidation sites excluding steroid dienone is 1. The summed E-state index contributed by atoms with van der Waals surface area (Å²) in [5.41, 5.74) is -0.185. The number of benzene rings is 2. The summed E-state index contributed by atoms with van der Waals surface area (Å²) in [5, 5.41) is 13.4. The molecule has 7 atom stereocenters. The second-order valence-electron chi connectivity index (χ2n) is 12.0. The Morgan fingerprint density at radius 3 is 2.57 bits per heavy atom. The summed E-state index contributed by atoms with van der Waals surface area (Å²) in [6.07, 6.45) is 3.34. The van der Waals surface area contributed by atoms with Crippen LogP contribution in [0.4, 0.5) is 5.69 Å². The maximum absolute atomic E-state index is 14.6. The van der Waals surface area contributed by atoms with Crippen molar-refractivity contribution in [1.29, 1.82) is 0 Å². The number of aliphatic hydroxyl groups is 1. The summed E-state index contributed by atoms with van der Waals surface area (Å²) in [4.78, 5) is 58.2. The van der Waals surface area contributed by atoms with Crippen LogP contribution in [0, 0.1) is 11.8 Å². The molecule has 3 amide bonds. The van der Waals surface area contributed by atoms with E-state index < -0.39 is 66.1 Å². The minimum absolute atomic E-state index is 0.0386. The number of likely N-dealkylation sites (tertiary alicyclic amines) is 1. The van der Waals surface area contributed by atoms with E-state index >= 15 is 0 Å². The number of carbonyl (C=O) groups excluding carboxylic acids is 4. The Kier molecular flexibility index (Phi) is 10.3. The Labute approximate surface area is 274 Å². The van der Waals surface area contributed by atoms with Gasteiger partial charge in [0.15, 0.2) is 0 Å². The first-order valence-corrected chi connectivity index (χ1v) is 16.0. The van der Waals surface area contributed by atoms with Crippen LogP contribution in [0.25, 0.3) is 0 Å². The molecular weight excluding hydrogens is 610 g/mol. The fourth-order valence-electron chi connectivity index (χ4n) is 7.10. The Morgan fingerprint density at radius 1 is 1.17 bits per heavy atom. The molecule has 3 fully saturated rings. The number of hydrogen-bond acceptors (Lipinski definition) is 7. The quantitative estimate of drug-likeness (QED) is 0.234. The van der Waals surface area contributed by atoms with Crippen molar-refractivity contribution in [2.75, 3.05) is 24.6 Å². The number of nitrogens with one attached hydrogen (secondary N) is 1. The molecule has 2 bridgehead atoms. The molecule has 0 unspecified atom stereocenters. The van der Waals surface area contributed by atoms with Crippen LogP contribution in [0.15, 0.2) is 79.9 Å². The van der Waals surface area contributed by atoms with E-state index in [4.69, 9.17) is 21.1 Å². The largest absolute Gasteiger partial charge is 0.455 e. The lowest BCUT2D eigenvalue weighted by Crippen LogP contribution is -2.58. The minimum Gasteiger partial charge on any atom is -0.455 e. The van der Waals surface area contributed by atoms with Crippen molar-refractivity contribution in [2.45, 2.75) is 62.5 Å². The van der Waals surface area contributed by atoms with Gasteiger partial charge in [-0.1, -0.05) is 66.2 Å². The van der Waals surface area contributed by atoms with E-state index in [1.807, 2.05) is 18.2 Å². The lowest BCUT2D eigenvalue weighted by atomic mass is 9.70. The summed E-state index contributed by atoms with van der Waals surface area (Å²) >= 11 is 6.51. The van der Waals surface area contributed by atoms with Crippen molar-refractivity contribution in [2.24, 2.45) is 11.8 Å². The summed E-state index contributed by atoms with van der Waals surface area (Å²) in [5.74, 6) is -3.72. The third kappa shape index (κ3) is 6.09. The van der Waals surface area contributed by atoms with Crippen LogP contribution < -0.4 is 10.2 Å². The van der Waals surface area contributed by atoms with Gasteiger partial charge < -0.3 is 29.7 Å². The van der Waals surface area contributed by atoms with Gasteiger partial charge in [-0.2, -0.15) is 0 Å². The van der Waals surface area contributed by atoms with E-state index in [0.29, 0.717) is 35.5 Å². The molecule has 1 spiro atoms. The van der Waals surface area contributed by atoms with E-state index in [-0.39, 0.29) is 25.4 Å². The van der Waals surface area contributed by atoms with Crippen LogP contribution in [0.5, 0.6) is 0 Å². The monoisotopic (exact) mass is 649 g/mol. The third-order valence-corrected chi connectivity index (χ3v) is 9.51. The van der Waals surface area contributed by atoms with Crippen LogP contribution >= 0.6 is 11.6 Å². The molecular formula is C35H40ClN3O7. The highest BCUT2D eigenvalue weighted by Gasteiger charge is 2.75. The first-order chi connectivity index (χ1) is 22.2. The predicted octanol–water partition coefficient (Wildman–Crippen LogP) is 3.98. The van der Waals surface area contributed by atoms with Crippen LogP contribution in [-0.4, -0.2) is 77.2 Å². The average molecular weight is 650 g/mol. The first kappa shape index (κ1) is 33.4. The molecule has 0 saturated carbocycles. The van der Waals surface area contributed by atoms with E-state index in [9.17, 15) is 24.3 Å². The Hall–Kier alpha value is -3.99. The number of nitrogens with zero attached hydrogens (tertiary/aromatic N) is 2. The first-order valence-electron chi connectivity index (χ1n) is 15.6. The predicted molar refractivity (Wildman–Crippen MR) is 173 cm³/mol. The fourth-order valence-corrected chi connectivity index (χ4v) is 7.33. The van der Waals surface area contributed by atoms with Gasteiger partial charge in [0.1, 0.15) is 17.7 Å². The van der Waals surface area contributed by atoms with Gasteiger partial charge in [0.05, 0.1) is 47.8 Å². The van der Waals surface area contributed by atoms with E-state index in [1.54, 1.807) is 55.5 Å². The number of fused-ring (bicyclic) bond motifs is 1. The second kappa shape index (κ2) is 14.2. The van der Waals surface area contributed by atoms with Crippen molar-refractivity contribution < 1.29 is 33.8 Å². The van der Waals surface area contributed by atoms with E-state index in [2.05, 4.69) is 18.5 Å². The van der Waals surface area contributed by atoms with Gasteiger partial charge >= 0.3 is 5.97 Å². The highest BCUT2D eigenvalue weighted by molar-refractivity contribution is 6.34. The molecule has 5 rings (SSSR count). The molecule has 2 N–H and O–H groups in total. The molecule has 244 valence electrons. The zero-order valence-corrected chi connectivity index (χ0v) is 26.6. The standard InChI is InChI=1S/C35H40ClN3O7/c1-4-6-16-28(41)37-20-27(23-12-8-7-9-13-23)45-34(44)29-26-17-18-35(46-26)30(29)32(42)39(22(3)21-40)31(35)33(43)38(19-5-2)25-15-11-10-14-24(25)36/h4-5,7-15,22,26-27,29-31,40H,1-2,6,16-21H2,3H3,(H,37,41)/t22-,26+,27+,29-,30-,31+,35-/m1/s1. The van der Waals surface area contributed by atoms with Gasteiger partial charge in [-0.25, -0.2) is 0 Å². The summed E-state index contributed by atoms with van der Waals surface area (Å²) in [7, 11) is 0. The van der Waals surface area contributed by atoms with E-state index in [0.717, 1.165) is 0 Å². The molecule has 10 nitrogen and oxygen atoms in total. The molecule has 3 aliphatic rings. The summed E-state index contributed by atoms with van der Waals surface area (Å²) in [6, 6.07) is 14.1. The number of esters is 1. The van der Waals surface area contributed by atoms with Gasteiger partial charge in [-0.05, 0) is 43.9 Å². The smallest absolute Gasteiger partial charge is 0.313 e. The Bertz CT molecular complexity index is 1490. The van der Waals surface area contributed by atoms with Gasteiger partial charge in [-0.3, -0.25) is 19.2 Å². The lowest BCUT2D eigenvalue weighted by Gasteiger charge is -2.38. The molecule has 0 radical (unpaired) electrons. The Morgan fingerprint density at radius 2 is 1.89 bits per heavy atom. The number of carbonyl (C=O) groups is 4. The average Bonchev–Trinajstić information content (AvgIpc) is 3.72. The van der Waals surface area contributed by atoms with Crippen molar-refractivity contribution in [3.8, 4) is 0 Å². The van der Waals surface area contributed by atoms with Crippen molar-refractivity contribution >= 4 is 41.0 Å². The molecule has 2 aromatic rings. The number of rotatable bonds is 14. The number of amides is 3. The van der Waals surface area contributed by atoms with Crippen LogP contribution in [0.2, 0.25) is 5.02 Å². The topological polar surface area (TPSA) is 125 Å². The maximum Gasteiger partial charge on any atom is 0.313 e. The summed E-state index contributed by atoms with van der Waals surface area (Å²) in [6.45, 7) is 8.87. The molecule has 11 heteroatoms. The van der Waals surface area contributed by atoms with Crippen LogP contribution in [0.1, 0.15) is 44.3 Å². The zero-order valence-electron chi connectivity index (χ0n) is 25.8. The normalized spacial score (nSPS) is 25.8. The van der Waals surface area contributed by atoms with Crippen LogP contribution in [-0.2, 0) is 28.7 Å². The number of hydrogen-bond donors (Lipinski definition) is 2.